The van der Waals surface area contributed by atoms with Crippen molar-refractivity contribution in [3.63, 3.8) is 0 Å². The second-order valence-electron chi connectivity index (χ2n) is 5.32. The fourth-order valence-corrected chi connectivity index (χ4v) is 2.83. The minimum atomic E-state index is 0.417. The number of fused-ring (bicyclic) bond motifs is 1. The van der Waals surface area contributed by atoms with Crippen molar-refractivity contribution in [2.24, 2.45) is 0 Å². The third-order valence-corrected chi connectivity index (χ3v) is 4.07. The molecule has 0 aliphatic carbocycles. The summed E-state index contributed by atoms with van der Waals surface area (Å²) in [7, 11) is 2.10. The molecule has 0 N–H and O–H groups in total. The lowest BCUT2D eigenvalue weighted by Crippen LogP contribution is -2.35. The number of hydrogen-bond acceptors (Lipinski definition) is 4. The predicted molar refractivity (Wildman–Crippen MR) is 80.7 cm³/mol. The first-order valence-electron chi connectivity index (χ1n) is 6.93. The van der Waals surface area contributed by atoms with Crippen LogP contribution in [0.25, 0.3) is 10.9 Å². The second-order valence-corrected chi connectivity index (χ2v) is 5.32. The van der Waals surface area contributed by atoms with E-state index in [9.17, 15) is 4.79 Å². The van der Waals surface area contributed by atoms with Gasteiger partial charge in [-0.15, -0.1) is 0 Å². The molecule has 4 nitrogen and oxygen atoms in total. The number of nitrogens with zero attached hydrogens (tertiary/aromatic N) is 3. The molecule has 0 saturated carbocycles. The average molecular weight is 268 g/mol. The van der Waals surface area contributed by atoms with Gasteiger partial charge in [-0.1, -0.05) is 18.2 Å². The number of para-hydroxylation sites is 1. The van der Waals surface area contributed by atoms with Crippen molar-refractivity contribution >= 4 is 22.9 Å². The van der Waals surface area contributed by atoms with Crippen LogP contribution in [0.2, 0.25) is 0 Å². The van der Waals surface area contributed by atoms with Crippen LogP contribution in [0.4, 0.5) is 5.69 Å². The van der Waals surface area contributed by atoms with E-state index in [1.807, 2.05) is 30.7 Å². The van der Waals surface area contributed by atoms with Gasteiger partial charge in [0.25, 0.3) is 0 Å². The number of likely N-dealkylation sites (N-methyl/N-ethyl adjacent to an activating group) is 1. The summed E-state index contributed by atoms with van der Waals surface area (Å²) < 4.78 is 0. The highest BCUT2D eigenvalue weighted by Gasteiger charge is 2.25. The molecule has 103 valence electrons. The SMILES string of the molecule is CN(c1cnc2ccccc2c1)[C@@H]1CCN(C[C]=O)C1. The zero-order valence-electron chi connectivity index (χ0n) is 11.6. The van der Waals surface area contributed by atoms with E-state index in [-0.39, 0.29) is 0 Å². The van der Waals surface area contributed by atoms with E-state index < -0.39 is 0 Å². The van der Waals surface area contributed by atoms with E-state index >= 15 is 0 Å². The van der Waals surface area contributed by atoms with Crippen molar-refractivity contribution in [3.05, 3.63) is 36.5 Å². The Bertz CT molecular complexity index is 613. The van der Waals surface area contributed by atoms with Crippen LogP contribution in [0.3, 0.4) is 0 Å². The van der Waals surface area contributed by atoms with Crippen LogP contribution in [0.1, 0.15) is 6.42 Å². The molecule has 20 heavy (non-hydrogen) atoms. The van der Waals surface area contributed by atoms with Crippen LogP contribution >= 0.6 is 0 Å². The summed E-state index contributed by atoms with van der Waals surface area (Å²) in [5.41, 5.74) is 2.15. The van der Waals surface area contributed by atoms with Crippen molar-refractivity contribution in [2.45, 2.75) is 12.5 Å². The van der Waals surface area contributed by atoms with Gasteiger partial charge in [0.1, 0.15) is 0 Å². The molecule has 1 aliphatic heterocycles. The Hall–Kier alpha value is -1.94. The number of carbonyl (C=O) groups excluding carboxylic acids is 1. The minimum absolute atomic E-state index is 0.417. The highest BCUT2D eigenvalue weighted by Crippen LogP contribution is 2.23. The quantitative estimate of drug-likeness (QED) is 0.848. The van der Waals surface area contributed by atoms with Crippen molar-refractivity contribution in [1.29, 1.82) is 0 Å². The summed E-state index contributed by atoms with van der Waals surface area (Å²) in [4.78, 5) is 19.4. The number of hydrogen-bond donors (Lipinski definition) is 0. The molecule has 1 aliphatic rings. The summed E-state index contributed by atoms with van der Waals surface area (Å²) in [6, 6.07) is 10.8. The van der Waals surface area contributed by atoms with Crippen molar-refractivity contribution in [3.8, 4) is 0 Å². The molecule has 1 radical (unpaired) electrons. The van der Waals surface area contributed by atoms with Gasteiger partial charge in [-0.25, -0.2) is 0 Å². The molecule has 2 heterocycles. The first kappa shape index (κ1) is 13.1. The van der Waals surface area contributed by atoms with E-state index in [4.69, 9.17) is 0 Å². The summed E-state index contributed by atoms with van der Waals surface area (Å²) in [6.07, 6.45) is 4.98. The molecular weight excluding hydrogens is 250 g/mol. The number of rotatable bonds is 4. The zero-order valence-corrected chi connectivity index (χ0v) is 11.6. The monoisotopic (exact) mass is 268 g/mol. The van der Waals surface area contributed by atoms with Crippen LogP contribution in [-0.4, -0.2) is 48.9 Å². The number of benzene rings is 1. The molecule has 0 unspecified atom stereocenters. The molecule has 2 aromatic rings. The Morgan fingerprint density at radius 2 is 2.30 bits per heavy atom. The molecular formula is C16H18N3O. The van der Waals surface area contributed by atoms with Crippen molar-refractivity contribution < 1.29 is 4.79 Å². The third kappa shape index (κ3) is 2.51. The second kappa shape index (κ2) is 5.59. The lowest BCUT2D eigenvalue weighted by Gasteiger charge is -2.26. The fraction of sp³-hybridized carbons (Fsp3) is 0.375. The highest BCUT2D eigenvalue weighted by molar-refractivity contribution is 5.81. The molecule has 0 amide bonds. The first-order valence-corrected chi connectivity index (χ1v) is 6.93. The zero-order chi connectivity index (χ0) is 13.9. The van der Waals surface area contributed by atoms with E-state index in [0.29, 0.717) is 12.6 Å². The van der Waals surface area contributed by atoms with Gasteiger partial charge in [-0.05, 0) is 18.6 Å². The van der Waals surface area contributed by atoms with Gasteiger partial charge in [0.05, 0.1) is 23.9 Å². The summed E-state index contributed by atoms with van der Waals surface area (Å²) in [6.45, 7) is 2.30. The molecule has 1 atom stereocenters. The maximum Gasteiger partial charge on any atom is 0.213 e. The molecule has 0 bridgehead atoms. The molecule has 1 saturated heterocycles. The smallest absolute Gasteiger partial charge is 0.213 e. The number of likely N-dealkylation sites (tertiary alicyclic amines) is 1. The topological polar surface area (TPSA) is 36.4 Å². The van der Waals surface area contributed by atoms with E-state index in [0.717, 1.165) is 36.1 Å². The molecule has 1 aromatic heterocycles. The number of pyridine rings is 1. The lowest BCUT2D eigenvalue weighted by molar-refractivity contribution is 0.371. The van der Waals surface area contributed by atoms with Gasteiger partial charge in [0.15, 0.2) is 0 Å². The Morgan fingerprint density at radius 3 is 3.15 bits per heavy atom. The summed E-state index contributed by atoms with van der Waals surface area (Å²) in [5.74, 6) is 0. The normalized spacial score (nSPS) is 19.4. The van der Waals surface area contributed by atoms with Crippen molar-refractivity contribution in [1.82, 2.24) is 9.88 Å². The molecule has 1 fully saturated rings. The van der Waals surface area contributed by atoms with E-state index in [1.165, 1.54) is 0 Å². The summed E-state index contributed by atoms with van der Waals surface area (Å²) in [5, 5.41) is 1.16. The maximum atomic E-state index is 10.5. The average Bonchev–Trinajstić information content (AvgIpc) is 2.95. The third-order valence-electron chi connectivity index (χ3n) is 4.07. The number of aromatic nitrogens is 1. The van der Waals surface area contributed by atoms with Gasteiger partial charge in [0, 0.05) is 31.6 Å². The standard InChI is InChI=1S/C16H18N3O/c1-18(14-6-7-19(12-14)8-9-20)15-10-13-4-2-3-5-16(13)17-11-15/h2-5,10-11,14H,6-8,12H2,1H3/t14-/m1/s1. The maximum absolute atomic E-state index is 10.5. The van der Waals surface area contributed by atoms with Crippen LogP contribution < -0.4 is 4.90 Å². The molecule has 3 rings (SSSR count). The Kier molecular flexibility index (Phi) is 3.65. The lowest BCUT2D eigenvalue weighted by atomic mass is 10.1. The Balaban J connectivity index is 1.78. The molecule has 0 spiro atoms. The van der Waals surface area contributed by atoms with Gasteiger partial charge in [0.2, 0.25) is 6.29 Å². The van der Waals surface area contributed by atoms with Crippen LogP contribution in [-0.2, 0) is 4.79 Å². The first-order chi connectivity index (χ1) is 9.78. The van der Waals surface area contributed by atoms with E-state index in [2.05, 4.69) is 34.0 Å². The predicted octanol–water partition coefficient (Wildman–Crippen LogP) is 1.85. The molecule has 4 heteroatoms. The van der Waals surface area contributed by atoms with Crippen molar-refractivity contribution in [2.75, 3.05) is 31.6 Å². The van der Waals surface area contributed by atoms with Crippen LogP contribution in [0.5, 0.6) is 0 Å². The van der Waals surface area contributed by atoms with E-state index in [1.54, 1.807) is 0 Å². The summed E-state index contributed by atoms with van der Waals surface area (Å²) >= 11 is 0. The number of anilines is 1. The minimum Gasteiger partial charge on any atom is -0.369 e. The Morgan fingerprint density at radius 1 is 1.45 bits per heavy atom. The van der Waals surface area contributed by atoms with Gasteiger partial charge in [-0.3, -0.25) is 14.7 Å². The fourth-order valence-electron chi connectivity index (χ4n) is 2.83. The Labute approximate surface area is 119 Å². The van der Waals surface area contributed by atoms with Crippen LogP contribution in [0.15, 0.2) is 36.5 Å². The molecule has 1 aromatic carbocycles. The van der Waals surface area contributed by atoms with Gasteiger partial charge in [-0.2, -0.15) is 0 Å². The largest absolute Gasteiger partial charge is 0.369 e. The van der Waals surface area contributed by atoms with Gasteiger partial charge >= 0.3 is 0 Å². The highest BCUT2D eigenvalue weighted by atomic mass is 16.1. The van der Waals surface area contributed by atoms with Gasteiger partial charge < -0.3 is 4.90 Å². The van der Waals surface area contributed by atoms with Crippen LogP contribution in [0, 0.1) is 0 Å².